The summed E-state index contributed by atoms with van der Waals surface area (Å²) in [5.74, 6) is 0.734. The number of hydrogen-bond donors (Lipinski definition) is 2. The molecule has 0 radical (unpaired) electrons. The normalized spacial score (nSPS) is 18.5. The summed E-state index contributed by atoms with van der Waals surface area (Å²) >= 11 is 1.65. The molecule has 0 bridgehead atoms. The predicted octanol–water partition coefficient (Wildman–Crippen LogP) is 4.47. The van der Waals surface area contributed by atoms with E-state index >= 15 is 0 Å². The van der Waals surface area contributed by atoms with Crippen LogP contribution in [0.5, 0.6) is 0 Å². The number of aromatic nitrogens is 2. The molecule has 0 saturated heterocycles. The molecule has 3 N–H and O–H groups in total. The molecule has 0 atom stereocenters. The van der Waals surface area contributed by atoms with Crippen LogP contribution in [-0.4, -0.2) is 27.4 Å². The number of amides is 1. The second-order valence-corrected chi connectivity index (χ2v) is 8.09. The minimum absolute atomic E-state index is 0. The number of thioether (sulfide) groups is 1. The van der Waals surface area contributed by atoms with Gasteiger partial charge < -0.3 is 15.5 Å². The average Bonchev–Trinajstić information content (AvgIpc) is 3.11. The molecule has 1 aromatic carbocycles. The zero-order valence-electron chi connectivity index (χ0n) is 16.0. The molecule has 3 aromatic rings. The minimum atomic E-state index is 0. The SMILES string of the molecule is Cl.Cl.NC1CCC(NC(=O)c2ccccc2SCc2cn3ccccc3n2)CC1. The van der Waals surface area contributed by atoms with Crippen LogP contribution in [0.4, 0.5) is 0 Å². The Kier molecular flexibility index (Phi) is 8.83. The highest BCUT2D eigenvalue weighted by molar-refractivity contribution is 7.98. The first-order valence-corrected chi connectivity index (χ1v) is 10.4. The first-order valence-electron chi connectivity index (χ1n) is 9.40. The number of carbonyl (C=O) groups is 1. The van der Waals surface area contributed by atoms with Crippen molar-refractivity contribution in [1.82, 2.24) is 14.7 Å². The summed E-state index contributed by atoms with van der Waals surface area (Å²) in [6.45, 7) is 0. The largest absolute Gasteiger partial charge is 0.349 e. The number of carbonyl (C=O) groups excluding carboxylic acids is 1. The van der Waals surface area contributed by atoms with Gasteiger partial charge in [-0.1, -0.05) is 18.2 Å². The number of fused-ring (bicyclic) bond motifs is 1. The third-order valence-corrected chi connectivity index (χ3v) is 6.14. The molecule has 0 aliphatic heterocycles. The van der Waals surface area contributed by atoms with E-state index < -0.39 is 0 Å². The molecule has 2 heterocycles. The van der Waals surface area contributed by atoms with Gasteiger partial charge in [0.25, 0.3) is 5.91 Å². The maximum absolute atomic E-state index is 12.8. The third-order valence-electron chi connectivity index (χ3n) is 5.03. The fourth-order valence-corrected chi connectivity index (χ4v) is 4.45. The van der Waals surface area contributed by atoms with Gasteiger partial charge >= 0.3 is 0 Å². The molecular weight excluding hydrogens is 427 g/mol. The number of nitrogens with two attached hydrogens (primary N) is 1. The Labute approximate surface area is 187 Å². The van der Waals surface area contributed by atoms with E-state index in [2.05, 4.69) is 10.3 Å². The number of hydrogen-bond acceptors (Lipinski definition) is 4. The molecule has 4 rings (SSSR count). The monoisotopic (exact) mass is 452 g/mol. The first-order chi connectivity index (χ1) is 13.2. The van der Waals surface area contributed by atoms with E-state index in [0.29, 0.717) is 0 Å². The highest BCUT2D eigenvalue weighted by Gasteiger charge is 2.21. The number of benzene rings is 1. The highest BCUT2D eigenvalue weighted by Crippen LogP contribution is 2.27. The van der Waals surface area contributed by atoms with Crippen LogP contribution in [0.2, 0.25) is 0 Å². The summed E-state index contributed by atoms with van der Waals surface area (Å²) in [7, 11) is 0. The predicted molar refractivity (Wildman–Crippen MR) is 123 cm³/mol. The molecule has 1 fully saturated rings. The van der Waals surface area contributed by atoms with E-state index in [1.54, 1.807) is 11.8 Å². The zero-order chi connectivity index (χ0) is 18.6. The van der Waals surface area contributed by atoms with Gasteiger partial charge in [0, 0.05) is 35.1 Å². The van der Waals surface area contributed by atoms with Crippen molar-refractivity contribution in [1.29, 1.82) is 0 Å². The summed E-state index contributed by atoms with van der Waals surface area (Å²) in [6.07, 6.45) is 7.92. The Hall–Kier alpha value is -1.73. The van der Waals surface area contributed by atoms with Crippen LogP contribution in [0.15, 0.2) is 59.8 Å². The van der Waals surface area contributed by atoms with Gasteiger partial charge in [-0.2, -0.15) is 0 Å². The summed E-state index contributed by atoms with van der Waals surface area (Å²) in [6, 6.07) is 14.3. The maximum Gasteiger partial charge on any atom is 0.252 e. The van der Waals surface area contributed by atoms with Gasteiger partial charge in [-0.15, -0.1) is 36.6 Å². The Morgan fingerprint density at radius 1 is 1.10 bits per heavy atom. The van der Waals surface area contributed by atoms with Crippen molar-refractivity contribution in [3.8, 4) is 0 Å². The number of nitrogens with zero attached hydrogens (tertiary/aromatic N) is 2. The van der Waals surface area contributed by atoms with Crippen molar-refractivity contribution in [2.24, 2.45) is 5.73 Å². The van der Waals surface area contributed by atoms with Crippen LogP contribution in [0.3, 0.4) is 0 Å². The second-order valence-electron chi connectivity index (χ2n) is 7.07. The van der Waals surface area contributed by atoms with Crippen molar-refractivity contribution in [3.63, 3.8) is 0 Å². The molecule has 156 valence electrons. The lowest BCUT2D eigenvalue weighted by atomic mass is 9.91. The number of halogens is 2. The molecule has 29 heavy (non-hydrogen) atoms. The van der Waals surface area contributed by atoms with E-state index in [0.717, 1.165) is 53.2 Å². The molecule has 2 aromatic heterocycles. The third kappa shape index (κ3) is 5.89. The number of nitrogens with one attached hydrogen (secondary N) is 1. The molecule has 1 saturated carbocycles. The van der Waals surface area contributed by atoms with E-state index in [-0.39, 0.29) is 42.8 Å². The topological polar surface area (TPSA) is 72.4 Å². The number of rotatable bonds is 5. The standard InChI is InChI=1S/C21H24N4OS.2ClH/c22-15-8-10-16(11-9-15)24-21(26)18-5-1-2-6-19(18)27-14-17-13-25-12-4-3-7-20(25)23-17;;/h1-7,12-13,15-16H,8-11,14,22H2,(H,24,26);2*1H. The minimum Gasteiger partial charge on any atom is -0.349 e. The summed E-state index contributed by atoms with van der Waals surface area (Å²) in [4.78, 5) is 18.4. The molecule has 8 heteroatoms. The van der Waals surface area contributed by atoms with E-state index in [1.165, 1.54) is 0 Å². The number of pyridine rings is 1. The van der Waals surface area contributed by atoms with Crippen LogP contribution < -0.4 is 11.1 Å². The van der Waals surface area contributed by atoms with E-state index in [9.17, 15) is 4.79 Å². The van der Waals surface area contributed by atoms with Crippen LogP contribution in [0, 0.1) is 0 Å². The Bertz CT molecular complexity index is 908. The van der Waals surface area contributed by atoms with Crippen molar-refractivity contribution in [2.75, 3.05) is 0 Å². The zero-order valence-corrected chi connectivity index (χ0v) is 18.4. The molecule has 1 aliphatic carbocycles. The lowest BCUT2D eigenvalue weighted by Gasteiger charge is -2.27. The van der Waals surface area contributed by atoms with Crippen molar-refractivity contribution >= 4 is 48.1 Å². The lowest BCUT2D eigenvalue weighted by molar-refractivity contribution is 0.0923. The van der Waals surface area contributed by atoms with Gasteiger partial charge in [0.15, 0.2) is 0 Å². The van der Waals surface area contributed by atoms with Gasteiger partial charge in [-0.05, 0) is 49.9 Å². The molecule has 1 amide bonds. The van der Waals surface area contributed by atoms with Gasteiger partial charge in [-0.3, -0.25) is 4.79 Å². The van der Waals surface area contributed by atoms with Crippen LogP contribution in [0.25, 0.3) is 5.65 Å². The Morgan fingerprint density at radius 3 is 2.59 bits per heavy atom. The maximum atomic E-state index is 12.8. The molecule has 0 unspecified atom stereocenters. The summed E-state index contributed by atoms with van der Waals surface area (Å²) < 4.78 is 2.02. The van der Waals surface area contributed by atoms with Crippen molar-refractivity contribution in [2.45, 2.75) is 48.4 Å². The Morgan fingerprint density at radius 2 is 1.83 bits per heavy atom. The summed E-state index contributed by atoms with van der Waals surface area (Å²) in [5, 5.41) is 3.19. The van der Waals surface area contributed by atoms with E-state index in [4.69, 9.17) is 5.73 Å². The Balaban J connectivity index is 0.00000150. The first kappa shape index (κ1) is 23.5. The van der Waals surface area contributed by atoms with Crippen LogP contribution in [-0.2, 0) is 5.75 Å². The number of imidazole rings is 1. The smallest absolute Gasteiger partial charge is 0.252 e. The fraction of sp³-hybridized carbons (Fsp3) is 0.333. The quantitative estimate of drug-likeness (QED) is 0.560. The van der Waals surface area contributed by atoms with Gasteiger partial charge in [0.1, 0.15) is 5.65 Å². The second kappa shape index (κ2) is 10.9. The van der Waals surface area contributed by atoms with Crippen LogP contribution in [0.1, 0.15) is 41.7 Å². The van der Waals surface area contributed by atoms with E-state index in [1.807, 2.05) is 59.3 Å². The lowest BCUT2D eigenvalue weighted by Crippen LogP contribution is -2.40. The van der Waals surface area contributed by atoms with Crippen molar-refractivity contribution in [3.05, 3.63) is 66.1 Å². The summed E-state index contributed by atoms with van der Waals surface area (Å²) in [5.41, 5.74) is 8.64. The molecule has 1 aliphatic rings. The van der Waals surface area contributed by atoms with Crippen LogP contribution >= 0.6 is 36.6 Å². The molecule has 5 nitrogen and oxygen atoms in total. The molecule has 0 spiro atoms. The average molecular weight is 453 g/mol. The van der Waals surface area contributed by atoms with Crippen molar-refractivity contribution < 1.29 is 4.79 Å². The molecular formula is C21H26Cl2N4OS. The van der Waals surface area contributed by atoms with Gasteiger partial charge in [-0.25, -0.2) is 4.98 Å². The van der Waals surface area contributed by atoms with Gasteiger partial charge in [0.2, 0.25) is 0 Å². The fourth-order valence-electron chi connectivity index (χ4n) is 3.52. The van der Waals surface area contributed by atoms with Gasteiger partial charge in [0.05, 0.1) is 11.3 Å². The highest BCUT2D eigenvalue weighted by atomic mass is 35.5.